The Kier molecular flexibility index (Phi) is 3.42. The molecular weight excluding hydrogens is 238 g/mol. The van der Waals surface area contributed by atoms with Crippen molar-refractivity contribution in [2.75, 3.05) is 19.0 Å². The van der Waals surface area contributed by atoms with Crippen molar-refractivity contribution < 1.29 is 4.74 Å². The fourth-order valence-electron chi connectivity index (χ4n) is 2.35. The molecule has 1 N–H and O–H groups in total. The Bertz CT molecular complexity index is 552. The van der Waals surface area contributed by atoms with Crippen LogP contribution in [-0.2, 0) is 24.2 Å². The summed E-state index contributed by atoms with van der Waals surface area (Å²) in [7, 11) is 1.89. The highest BCUT2D eigenvalue weighted by molar-refractivity contribution is 5.47. The normalized spacial score (nSPS) is 13.9. The lowest BCUT2D eigenvalue weighted by Crippen LogP contribution is -2.17. The van der Waals surface area contributed by atoms with E-state index in [0.29, 0.717) is 6.61 Å². The third-order valence-corrected chi connectivity index (χ3v) is 3.31. The van der Waals surface area contributed by atoms with Gasteiger partial charge in [0.05, 0.1) is 18.9 Å². The Morgan fingerprint density at radius 2 is 2.05 bits per heavy atom. The van der Waals surface area contributed by atoms with Crippen molar-refractivity contribution >= 4 is 5.82 Å². The molecule has 0 fully saturated rings. The van der Waals surface area contributed by atoms with E-state index in [4.69, 9.17) is 4.74 Å². The number of anilines is 1. The van der Waals surface area contributed by atoms with Gasteiger partial charge < -0.3 is 10.1 Å². The minimum Gasteiger partial charge on any atom is -0.376 e. The van der Waals surface area contributed by atoms with Crippen LogP contribution in [0.15, 0.2) is 30.3 Å². The number of rotatable bonds is 3. The maximum Gasteiger partial charge on any atom is 0.135 e. The summed E-state index contributed by atoms with van der Waals surface area (Å²) >= 11 is 0. The van der Waals surface area contributed by atoms with Gasteiger partial charge in [-0.05, 0) is 5.56 Å². The van der Waals surface area contributed by atoms with Crippen LogP contribution in [0.1, 0.15) is 22.6 Å². The first-order valence-corrected chi connectivity index (χ1v) is 6.55. The smallest absolute Gasteiger partial charge is 0.135 e. The average Bonchev–Trinajstić information content (AvgIpc) is 2.47. The molecule has 98 valence electrons. The lowest BCUT2D eigenvalue weighted by molar-refractivity contribution is 0.109. The van der Waals surface area contributed by atoms with Crippen LogP contribution in [0.2, 0.25) is 0 Å². The van der Waals surface area contributed by atoms with Crippen LogP contribution in [0, 0.1) is 0 Å². The molecule has 0 amide bonds. The predicted molar refractivity (Wildman–Crippen MR) is 74.2 cm³/mol. The molecule has 0 aliphatic carbocycles. The van der Waals surface area contributed by atoms with Gasteiger partial charge in [-0.25, -0.2) is 9.97 Å². The summed E-state index contributed by atoms with van der Waals surface area (Å²) in [4.78, 5) is 9.28. The lowest BCUT2D eigenvalue weighted by atomic mass is 10.1. The molecule has 0 saturated carbocycles. The van der Waals surface area contributed by atoms with Crippen molar-refractivity contribution in [1.29, 1.82) is 0 Å². The molecule has 2 aromatic rings. The van der Waals surface area contributed by atoms with Gasteiger partial charge in [0.25, 0.3) is 0 Å². The van der Waals surface area contributed by atoms with E-state index in [2.05, 4.69) is 27.4 Å². The molecule has 1 aliphatic heterocycles. The topological polar surface area (TPSA) is 47.0 Å². The van der Waals surface area contributed by atoms with Gasteiger partial charge >= 0.3 is 0 Å². The number of hydrogen-bond donors (Lipinski definition) is 1. The van der Waals surface area contributed by atoms with Crippen molar-refractivity contribution in [1.82, 2.24) is 9.97 Å². The van der Waals surface area contributed by atoms with E-state index in [1.807, 2.05) is 25.2 Å². The Morgan fingerprint density at radius 1 is 1.21 bits per heavy atom. The summed E-state index contributed by atoms with van der Waals surface area (Å²) in [5, 5.41) is 3.15. The fraction of sp³-hybridized carbons (Fsp3) is 0.333. The molecule has 0 spiro atoms. The third kappa shape index (κ3) is 2.58. The van der Waals surface area contributed by atoms with E-state index in [9.17, 15) is 0 Å². The standard InChI is InChI=1S/C15H17N3O/c1-16-15-12-10-19-8-7-13(12)17-14(18-15)9-11-5-3-2-4-6-11/h2-6H,7-10H2,1H3,(H,16,17,18). The van der Waals surface area contributed by atoms with Crippen LogP contribution >= 0.6 is 0 Å². The van der Waals surface area contributed by atoms with Crippen LogP contribution < -0.4 is 5.32 Å². The number of aromatic nitrogens is 2. The largest absolute Gasteiger partial charge is 0.376 e. The van der Waals surface area contributed by atoms with Gasteiger partial charge in [-0.1, -0.05) is 30.3 Å². The lowest BCUT2D eigenvalue weighted by Gasteiger charge is -2.19. The molecule has 3 rings (SSSR count). The third-order valence-electron chi connectivity index (χ3n) is 3.31. The Labute approximate surface area is 112 Å². The second-order valence-electron chi connectivity index (χ2n) is 4.63. The van der Waals surface area contributed by atoms with E-state index >= 15 is 0 Å². The van der Waals surface area contributed by atoms with Crippen LogP contribution in [0.4, 0.5) is 5.82 Å². The molecule has 0 bridgehead atoms. The Hall–Kier alpha value is -1.94. The molecule has 1 aromatic heterocycles. The molecule has 0 radical (unpaired) electrons. The van der Waals surface area contributed by atoms with Gasteiger partial charge in [0.15, 0.2) is 0 Å². The molecule has 4 heteroatoms. The second-order valence-corrected chi connectivity index (χ2v) is 4.63. The maximum atomic E-state index is 5.48. The van der Waals surface area contributed by atoms with Crippen molar-refractivity contribution in [3.05, 3.63) is 53.0 Å². The van der Waals surface area contributed by atoms with E-state index in [1.54, 1.807) is 0 Å². The number of hydrogen-bond acceptors (Lipinski definition) is 4. The SMILES string of the molecule is CNc1nc(Cc2ccccc2)nc2c1COCC2. The van der Waals surface area contributed by atoms with Crippen molar-refractivity contribution in [2.45, 2.75) is 19.4 Å². The summed E-state index contributed by atoms with van der Waals surface area (Å²) in [5.74, 6) is 1.77. The highest BCUT2D eigenvalue weighted by Gasteiger charge is 2.17. The highest BCUT2D eigenvalue weighted by Crippen LogP contribution is 2.22. The first kappa shape index (κ1) is 12.1. The fourth-order valence-corrected chi connectivity index (χ4v) is 2.35. The van der Waals surface area contributed by atoms with Crippen LogP contribution in [0.3, 0.4) is 0 Å². The van der Waals surface area contributed by atoms with Gasteiger partial charge in [-0.3, -0.25) is 0 Å². The summed E-state index contributed by atoms with van der Waals surface area (Å²) in [6.07, 6.45) is 1.64. The molecule has 0 saturated heterocycles. The van der Waals surface area contributed by atoms with Gasteiger partial charge in [-0.2, -0.15) is 0 Å². The van der Waals surface area contributed by atoms with Gasteiger partial charge in [0, 0.05) is 25.5 Å². The zero-order chi connectivity index (χ0) is 13.1. The van der Waals surface area contributed by atoms with Crippen molar-refractivity contribution in [3.8, 4) is 0 Å². The van der Waals surface area contributed by atoms with Crippen molar-refractivity contribution in [3.63, 3.8) is 0 Å². The van der Waals surface area contributed by atoms with Gasteiger partial charge in [-0.15, -0.1) is 0 Å². The quantitative estimate of drug-likeness (QED) is 0.913. The van der Waals surface area contributed by atoms with Crippen LogP contribution in [-0.4, -0.2) is 23.6 Å². The minimum absolute atomic E-state index is 0.608. The zero-order valence-electron chi connectivity index (χ0n) is 11.0. The van der Waals surface area contributed by atoms with Crippen molar-refractivity contribution in [2.24, 2.45) is 0 Å². The van der Waals surface area contributed by atoms with E-state index in [0.717, 1.165) is 42.3 Å². The van der Waals surface area contributed by atoms with E-state index < -0.39 is 0 Å². The monoisotopic (exact) mass is 255 g/mol. The maximum absolute atomic E-state index is 5.48. The molecule has 0 atom stereocenters. The number of nitrogens with zero attached hydrogens (tertiary/aromatic N) is 2. The molecule has 2 heterocycles. The second kappa shape index (κ2) is 5.36. The van der Waals surface area contributed by atoms with E-state index in [1.165, 1.54) is 5.56 Å². The Morgan fingerprint density at radius 3 is 2.84 bits per heavy atom. The molecule has 4 nitrogen and oxygen atoms in total. The first-order chi connectivity index (χ1) is 9.36. The number of benzene rings is 1. The summed E-state index contributed by atoms with van der Waals surface area (Å²) in [6, 6.07) is 10.3. The highest BCUT2D eigenvalue weighted by atomic mass is 16.5. The number of fused-ring (bicyclic) bond motifs is 1. The zero-order valence-corrected chi connectivity index (χ0v) is 11.0. The molecular formula is C15H17N3O. The van der Waals surface area contributed by atoms with Crippen LogP contribution in [0.5, 0.6) is 0 Å². The predicted octanol–water partition coefficient (Wildman–Crippen LogP) is 2.18. The number of nitrogens with one attached hydrogen (secondary N) is 1. The van der Waals surface area contributed by atoms with Crippen LogP contribution in [0.25, 0.3) is 0 Å². The Balaban J connectivity index is 1.94. The summed E-state index contributed by atoms with van der Waals surface area (Å²) < 4.78 is 5.48. The van der Waals surface area contributed by atoms with Gasteiger partial charge in [0.2, 0.25) is 0 Å². The summed E-state index contributed by atoms with van der Waals surface area (Å²) in [6.45, 7) is 1.36. The minimum atomic E-state index is 0.608. The molecule has 19 heavy (non-hydrogen) atoms. The molecule has 1 aromatic carbocycles. The molecule has 0 unspecified atom stereocenters. The number of ether oxygens (including phenoxy) is 1. The first-order valence-electron chi connectivity index (χ1n) is 6.55. The average molecular weight is 255 g/mol. The summed E-state index contributed by atoms with van der Waals surface area (Å²) in [5.41, 5.74) is 3.46. The molecule has 1 aliphatic rings. The van der Waals surface area contributed by atoms with E-state index in [-0.39, 0.29) is 0 Å². The van der Waals surface area contributed by atoms with Gasteiger partial charge in [0.1, 0.15) is 11.6 Å².